The van der Waals surface area contributed by atoms with Crippen LogP contribution in [0.5, 0.6) is 0 Å². The minimum absolute atomic E-state index is 0.294. The molecule has 0 radical (unpaired) electrons. The first-order chi connectivity index (χ1) is 11.6. The molecule has 5 heteroatoms. The number of nitrogens with one attached hydrogen (secondary N) is 3. The van der Waals surface area contributed by atoms with Gasteiger partial charge in [0.25, 0.3) is 0 Å². The van der Waals surface area contributed by atoms with E-state index >= 15 is 0 Å². The Labute approximate surface area is 144 Å². The van der Waals surface area contributed by atoms with E-state index in [4.69, 9.17) is 4.74 Å². The fourth-order valence-corrected chi connectivity index (χ4v) is 2.64. The van der Waals surface area contributed by atoms with E-state index in [0.29, 0.717) is 6.10 Å². The van der Waals surface area contributed by atoms with E-state index in [1.807, 2.05) is 0 Å². The van der Waals surface area contributed by atoms with Crippen LogP contribution < -0.4 is 10.6 Å². The second kappa shape index (κ2) is 9.33. The molecule has 0 aliphatic rings. The van der Waals surface area contributed by atoms with Crippen LogP contribution >= 0.6 is 0 Å². The molecule has 5 nitrogen and oxygen atoms in total. The monoisotopic (exact) mass is 330 g/mol. The Kier molecular flexibility index (Phi) is 7.12. The summed E-state index contributed by atoms with van der Waals surface area (Å²) in [7, 11) is 1.80. The number of nitrogens with zero attached hydrogens (tertiary/aromatic N) is 1. The molecule has 2 aromatic rings. The number of fused-ring (bicyclic) bond motifs is 1. The molecule has 1 heterocycles. The minimum Gasteiger partial charge on any atom is -0.379 e. The van der Waals surface area contributed by atoms with Gasteiger partial charge in [0.2, 0.25) is 0 Å². The molecule has 2 rings (SSSR count). The Bertz CT molecular complexity index is 660. The fraction of sp³-hybridized carbons (Fsp3) is 0.526. The van der Waals surface area contributed by atoms with Gasteiger partial charge in [0, 0.05) is 43.8 Å². The molecule has 0 amide bonds. The number of benzene rings is 1. The van der Waals surface area contributed by atoms with Crippen molar-refractivity contribution in [1.29, 1.82) is 0 Å². The number of aromatic nitrogens is 1. The van der Waals surface area contributed by atoms with Crippen molar-refractivity contribution >= 4 is 16.9 Å². The van der Waals surface area contributed by atoms with Crippen molar-refractivity contribution in [1.82, 2.24) is 15.6 Å². The summed E-state index contributed by atoms with van der Waals surface area (Å²) >= 11 is 0. The van der Waals surface area contributed by atoms with E-state index in [2.05, 4.69) is 65.8 Å². The van der Waals surface area contributed by atoms with E-state index in [1.165, 1.54) is 22.0 Å². The Morgan fingerprint density at radius 1 is 1.25 bits per heavy atom. The highest BCUT2D eigenvalue weighted by Gasteiger charge is 2.04. The van der Waals surface area contributed by atoms with Gasteiger partial charge >= 0.3 is 0 Å². The van der Waals surface area contributed by atoms with Crippen molar-refractivity contribution in [2.75, 3.05) is 26.7 Å². The van der Waals surface area contributed by atoms with Crippen molar-refractivity contribution in [2.45, 2.75) is 39.7 Å². The lowest BCUT2D eigenvalue weighted by molar-refractivity contribution is 0.0776. The van der Waals surface area contributed by atoms with Crippen molar-refractivity contribution in [3.63, 3.8) is 0 Å². The first-order valence-corrected chi connectivity index (χ1v) is 8.73. The van der Waals surface area contributed by atoms with Crippen LogP contribution in [0.25, 0.3) is 10.9 Å². The van der Waals surface area contributed by atoms with Crippen molar-refractivity contribution in [3.8, 4) is 0 Å². The van der Waals surface area contributed by atoms with E-state index in [-0.39, 0.29) is 0 Å². The van der Waals surface area contributed by atoms with E-state index in [0.717, 1.165) is 38.5 Å². The molecule has 0 saturated heterocycles. The van der Waals surface area contributed by atoms with Gasteiger partial charge in [0.15, 0.2) is 5.96 Å². The molecule has 1 aromatic heterocycles. The maximum absolute atomic E-state index is 5.53. The van der Waals surface area contributed by atoms with E-state index in [1.54, 1.807) is 7.05 Å². The second-order valence-corrected chi connectivity index (χ2v) is 6.31. The fourth-order valence-electron chi connectivity index (χ4n) is 2.64. The highest BCUT2D eigenvalue weighted by molar-refractivity contribution is 5.84. The number of H-pyrrole nitrogens is 1. The smallest absolute Gasteiger partial charge is 0.190 e. The van der Waals surface area contributed by atoms with E-state index in [9.17, 15) is 0 Å². The molecule has 0 aliphatic heterocycles. The zero-order valence-electron chi connectivity index (χ0n) is 15.3. The number of aryl methyl sites for hydroxylation is 1. The molecule has 3 N–H and O–H groups in total. The number of aromatic amines is 1. The average molecular weight is 330 g/mol. The van der Waals surface area contributed by atoms with Gasteiger partial charge in [0.05, 0.1) is 6.10 Å². The average Bonchev–Trinajstić information content (AvgIpc) is 2.94. The molecule has 0 unspecified atom stereocenters. The van der Waals surface area contributed by atoms with Crippen molar-refractivity contribution in [3.05, 3.63) is 35.5 Å². The summed E-state index contributed by atoms with van der Waals surface area (Å²) < 4.78 is 5.53. The number of aliphatic imine (C=N–C) groups is 1. The lowest BCUT2D eigenvalue weighted by Gasteiger charge is -2.12. The number of hydrogen-bond acceptors (Lipinski definition) is 2. The van der Waals surface area contributed by atoms with Crippen LogP contribution in [0.1, 0.15) is 31.4 Å². The molecular weight excluding hydrogens is 300 g/mol. The summed E-state index contributed by atoms with van der Waals surface area (Å²) in [5.41, 5.74) is 3.82. The summed E-state index contributed by atoms with van der Waals surface area (Å²) in [6.07, 6.45) is 4.33. The molecule has 24 heavy (non-hydrogen) atoms. The lowest BCUT2D eigenvalue weighted by atomic mass is 10.1. The van der Waals surface area contributed by atoms with Crippen LogP contribution in [0.3, 0.4) is 0 Å². The minimum atomic E-state index is 0.294. The first-order valence-electron chi connectivity index (χ1n) is 8.73. The predicted molar refractivity (Wildman–Crippen MR) is 102 cm³/mol. The number of hydrogen-bond donors (Lipinski definition) is 3. The summed E-state index contributed by atoms with van der Waals surface area (Å²) in [5.74, 6) is 0.843. The normalized spacial score (nSPS) is 12.1. The quantitative estimate of drug-likeness (QED) is 0.396. The SMILES string of the molecule is CN=C(NCCCOC(C)C)NCCc1c[nH]c2cc(C)ccc12. The molecule has 0 aliphatic carbocycles. The zero-order chi connectivity index (χ0) is 17.4. The van der Waals surface area contributed by atoms with Crippen LogP contribution in [-0.2, 0) is 11.2 Å². The van der Waals surface area contributed by atoms with Gasteiger partial charge in [-0.15, -0.1) is 0 Å². The number of guanidine groups is 1. The van der Waals surface area contributed by atoms with Gasteiger partial charge in [-0.1, -0.05) is 12.1 Å². The molecule has 1 aromatic carbocycles. The zero-order valence-corrected chi connectivity index (χ0v) is 15.3. The lowest BCUT2D eigenvalue weighted by Crippen LogP contribution is -2.39. The van der Waals surface area contributed by atoms with Crippen LogP contribution in [0.2, 0.25) is 0 Å². The Balaban J connectivity index is 1.73. The maximum atomic E-state index is 5.53. The third-order valence-corrected chi connectivity index (χ3v) is 3.90. The van der Waals surface area contributed by atoms with Gasteiger partial charge in [-0.25, -0.2) is 0 Å². The molecular formula is C19H30N4O. The molecule has 0 saturated carbocycles. The third-order valence-electron chi connectivity index (χ3n) is 3.90. The van der Waals surface area contributed by atoms with Gasteiger partial charge in [-0.2, -0.15) is 0 Å². The van der Waals surface area contributed by atoms with Crippen LogP contribution in [0, 0.1) is 6.92 Å². The van der Waals surface area contributed by atoms with Crippen LogP contribution in [0.15, 0.2) is 29.4 Å². The van der Waals surface area contributed by atoms with Gasteiger partial charge < -0.3 is 20.4 Å². The van der Waals surface area contributed by atoms with Crippen LogP contribution in [-0.4, -0.2) is 43.8 Å². The van der Waals surface area contributed by atoms with Gasteiger partial charge in [-0.3, -0.25) is 4.99 Å². The van der Waals surface area contributed by atoms with Crippen molar-refractivity contribution < 1.29 is 4.74 Å². The maximum Gasteiger partial charge on any atom is 0.190 e. The molecule has 0 bridgehead atoms. The van der Waals surface area contributed by atoms with Crippen LogP contribution in [0.4, 0.5) is 0 Å². The Morgan fingerprint density at radius 3 is 2.79 bits per heavy atom. The Morgan fingerprint density at radius 2 is 2.04 bits per heavy atom. The highest BCUT2D eigenvalue weighted by atomic mass is 16.5. The summed E-state index contributed by atoms with van der Waals surface area (Å²) in [5, 5.41) is 7.99. The number of ether oxygens (including phenoxy) is 1. The first kappa shape index (κ1) is 18.3. The van der Waals surface area contributed by atoms with Gasteiger partial charge in [-0.05, 0) is 50.8 Å². The topological polar surface area (TPSA) is 61.4 Å². The summed E-state index contributed by atoms with van der Waals surface area (Å²) in [6.45, 7) is 8.71. The molecule has 0 spiro atoms. The molecule has 0 fully saturated rings. The largest absolute Gasteiger partial charge is 0.379 e. The summed E-state index contributed by atoms with van der Waals surface area (Å²) in [6, 6.07) is 6.54. The molecule has 0 atom stereocenters. The number of rotatable bonds is 8. The third kappa shape index (κ3) is 5.57. The molecule has 132 valence electrons. The highest BCUT2D eigenvalue weighted by Crippen LogP contribution is 2.19. The van der Waals surface area contributed by atoms with E-state index < -0.39 is 0 Å². The second-order valence-electron chi connectivity index (χ2n) is 6.31. The van der Waals surface area contributed by atoms with Crippen molar-refractivity contribution in [2.24, 2.45) is 4.99 Å². The summed E-state index contributed by atoms with van der Waals surface area (Å²) in [4.78, 5) is 7.61. The Hall–Kier alpha value is -2.01. The standard InChI is InChI=1S/C19H30N4O/c1-14(2)24-11-5-9-21-19(20-4)22-10-8-16-13-23-18-12-15(3)6-7-17(16)18/h6-7,12-14,23H,5,8-11H2,1-4H3,(H2,20,21,22). The van der Waals surface area contributed by atoms with Gasteiger partial charge in [0.1, 0.15) is 0 Å². The predicted octanol–water partition coefficient (Wildman–Crippen LogP) is 3.00.